The molecule has 24 heavy (non-hydrogen) atoms. The number of esters is 1. The predicted molar refractivity (Wildman–Crippen MR) is 99.1 cm³/mol. The van der Waals surface area contributed by atoms with Crippen LogP contribution in [0.25, 0.3) is 10.9 Å². The zero-order valence-corrected chi connectivity index (χ0v) is 15.4. The Hall–Kier alpha value is -1.85. The second-order valence-corrected chi connectivity index (χ2v) is 6.41. The molecule has 0 saturated carbocycles. The molecule has 0 aliphatic heterocycles. The number of ether oxygens (including phenoxy) is 1. The lowest BCUT2D eigenvalue weighted by Crippen LogP contribution is -2.18. The van der Waals surface area contributed by atoms with Gasteiger partial charge in [-0.15, -0.1) is 0 Å². The average molecular weight is 350 g/mol. The highest BCUT2D eigenvalue weighted by atomic mass is 35.5. The van der Waals surface area contributed by atoms with E-state index < -0.39 is 0 Å². The molecule has 1 aromatic carbocycles. The highest BCUT2D eigenvalue weighted by Gasteiger charge is 2.17. The molecule has 0 amide bonds. The van der Waals surface area contributed by atoms with Crippen molar-refractivity contribution < 1.29 is 9.53 Å². The first-order valence-corrected chi connectivity index (χ1v) is 8.46. The summed E-state index contributed by atoms with van der Waals surface area (Å²) in [6, 6.07) is 3.71. The van der Waals surface area contributed by atoms with Gasteiger partial charge < -0.3 is 15.0 Å². The third-order valence-electron chi connectivity index (χ3n) is 3.71. The fourth-order valence-corrected chi connectivity index (χ4v) is 2.87. The van der Waals surface area contributed by atoms with Crippen LogP contribution in [-0.4, -0.2) is 49.6 Å². The summed E-state index contributed by atoms with van der Waals surface area (Å²) in [6.45, 7) is 5.78. The predicted octanol–water partition coefficient (Wildman–Crippen LogP) is 3.74. The summed E-state index contributed by atoms with van der Waals surface area (Å²) < 4.78 is 5.16. The highest BCUT2D eigenvalue weighted by Crippen LogP contribution is 2.31. The van der Waals surface area contributed by atoms with E-state index in [1.54, 1.807) is 13.1 Å². The minimum absolute atomic E-state index is 0.325. The van der Waals surface area contributed by atoms with Crippen LogP contribution in [0.3, 0.4) is 0 Å². The Morgan fingerprint density at radius 1 is 1.38 bits per heavy atom. The Labute approximate surface area is 148 Å². The number of benzene rings is 1. The van der Waals surface area contributed by atoms with Gasteiger partial charge in [0.15, 0.2) is 0 Å². The van der Waals surface area contributed by atoms with E-state index in [1.807, 2.05) is 33.2 Å². The van der Waals surface area contributed by atoms with Crippen LogP contribution in [0.2, 0.25) is 5.02 Å². The van der Waals surface area contributed by atoms with Gasteiger partial charge in [0.2, 0.25) is 0 Å². The molecule has 0 fully saturated rings. The quantitative estimate of drug-likeness (QED) is 0.609. The Morgan fingerprint density at radius 3 is 2.79 bits per heavy atom. The molecular formula is C18H24ClN3O2. The standard InChI is InChI=1S/C18H24ClN3O2/c1-5-24-18(23)15-11-21-16-12(2)9-13(19)10-14(16)17(15)20-7-6-8-22(3)4/h9-11H,5-8H2,1-4H3,(H,20,21). The van der Waals surface area contributed by atoms with Crippen LogP contribution < -0.4 is 5.32 Å². The van der Waals surface area contributed by atoms with Crippen LogP contribution in [0, 0.1) is 6.92 Å². The molecule has 0 bridgehead atoms. The maximum absolute atomic E-state index is 12.3. The molecule has 0 radical (unpaired) electrons. The number of carbonyl (C=O) groups excluding carboxylic acids is 1. The van der Waals surface area contributed by atoms with E-state index in [2.05, 4.69) is 15.2 Å². The number of nitrogens with one attached hydrogen (secondary N) is 1. The van der Waals surface area contributed by atoms with Gasteiger partial charge >= 0.3 is 5.97 Å². The van der Waals surface area contributed by atoms with Crippen LogP contribution in [0.1, 0.15) is 29.3 Å². The number of hydrogen-bond acceptors (Lipinski definition) is 5. The number of nitrogens with zero attached hydrogens (tertiary/aromatic N) is 2. The fourth-order valence-electron chi connectivity index (χ4n) is 2.60. The van der Waals surface area contributed by atoms with Gasteiger partial charge in [0.25, 0.3) is 0 Å². The lowest BCUT2D eigenvalue weighted by atomic mass is 10.1. The monoisotopic (exact) mass is 349 g/mol. The minimum Gasteiger partial charge on any atom is -0.462 e. The average Bonchev–Trinajstić information content (AvgIpc) is 2.51. The molecule has 2 rings (SSSR count). The molecule has 1 N–H and O–H groups in total. The van der Waals surface area contributed by atoms with E-state index in [9.17, 15) is 4.79 Å². The van der Waals surface area contributed by atoms with E-state index in [-0.39, 0.29) is 5.97 Å². The molecule has 1 aromatic heterocycles. The molecule has 0 atom stereocenters. The molecule has 2 aromatic rings. The second kappa shape index (κ2) is 8.31. The van der Waals surface area contributed by atoms with Gasteiger partial charge in [-0.3, -0.25) is 4.98 Å². The van der Waals surface area contributed by atoms with E-state index in [0.29, 0.717) is 17.2 Å². The maximum atomic E-state index is 12.3. The van der Waals surface area contributed by atoms with Gasteiger partial charge in [-0.2, -0.15) is 0 Å². The molecule has 0 aliphatic rings. The van der Waals surface area contributed by atoms with Crippen LogP contribution in [0.5, 0.6) is 0 Å². The Bertz CT molecular complexity index is 732. The van der Waals surface area contributed by atoms with Crippen molar-refractivity contribution in [2.75, 3.05) is 39.1 Å². The van der Waals surface area contributed by atoms with Crippen LogP contribution in [0.15, 0.2) is 18.3 Å². The number of rotatable bonds is 7. The van der Waals surface area contributed by atoms with Gasteiger partial charge in [-0.25, -0.2) is 4.79 Å². The fraction of sp³-hybridized carbons (Fsp3) is 0.444. The number of anilines is 1. The van der Waals surface area contributed by atoms with Crippen molar-refractivity contribution in [1.29, 1.82) is 0 Å². The maximum Gasteiger partial charge on any atom is 0.341 e. The van der Waals surface area contributed by atoms with Crippen molar-refractivity contribution in [2.45, 2.75) is 20.3 Å². The molecule has 0 spiro atoms. The smallest absolute Gasteiger partial charge is 0.341 e. The van der Waals surface area contributed by atoms with E-state index >= 15 is 0 Å². The van der Waals surface area contributed by atoms with E-state index in [0.717, 1.165) is 41.7 Å². The summed E-state index contributed by atoms with van der Waals surface area (Å²) in [5.41, 5.74) is 2.99. The molecule has 130 valence electrons. The summed E-state index contributed by atoms with van der Waals surface area (Å²) in [4.78, 5) is 18.8. The first-order chi connectivity index (χ1) is 11.4. The van der Waals surface area contributed by atoms with E-state index in [4.69, 9.17) is 16.3 Å². The van der Waals surface area contributed by atoms with Gasteiger partial charge in [-0.1, -0.05) is 11.6 Å². The van der Waals surface area contributed by atoms with Gasteiger partial charge in [-0.05, 0) is 58.6 Å². The zero-order chi connectivity index (χ0) is 17.7. The number of hydrogen-bond donors (Lipinski definition) is 1. The normalized spacial score (nSPS) is 11.1. The van der Waals surface area contributed by atoms with Gasteiger partial charge in [0.05, 0.1) is 17.8 Å². The van der Waals surface area contributed by atoms with Gasteiger partial charge in [0.1, 0.15) is 5.56 Å². The Kier molecular flexibility index (Phi) is 6.40. The van der Waals surface area contributed by atoms with Crippen LogP contribution >= 0.6 is 11.6 Å². The molecule has 6 heteroatoms. The molecule has 1 heterocycles. The number of fused-ring (bicyclic) bond motifs is 1. The Morgan fingerprint density at radius 2 is 2.12 bits per heavy atom. The molecule has 0 saturated heterocycles. The lowest BCUT2D eigenvalue weighted by molar-refractivity contribution is 0.0527. The molecule has 0 aliphatic carbocycles. The van der Waals surface area contributed by atoms with Gasteiger partial charge in [0, 0.05) is 23.2 Å². The number of aromatic nitrogens is 1. The van der Waals surface area contributed by atoms with E-state index in [1.165, 1.54) is 0 Å². The van der Waals surface area contributed by atoms with Crippen LogP contribution in [0.4, 0.5) is 5.69 Å². The number of carbonyl (C=O) groups is 1. The summed E-state index contributed by atoms with van der Waals surface area (Å²) >= 11 is 6.21. The van der Waals surface area contributed by atoms with Crippen molar-refractivity contribution in [3.63, 3.8) is 0 Å². The summed E-state index contributed by atoms with van der Waals surface area (Å²) in [7, 11) is 4.07. The SMILES string of the molecule is CCOC(=O)c1cnc2c(C)cc(Cl)cc2c1NCCCN(C)C. The summed E-state index contributed by atoms with van der Waals surface area (Å²) in [5.74, 6) is -0.375. The third kappa shape index (κ3) is 4.36. The van der Waals surface area contributed by atoms with Crippen molar-refractivity contribution in [3.05, 3.63) is 34.5 Å². The molecule has 0 unspecified atom stereocenters. The second-order valence-electron chi connectivity index (χ2n) is 5.97. The molecular weight excluding hydrogens is 326 g/mol. The zero-order valence-electron chi connectivity index (χ0n) is 14.6. The topological polar surface area (TPSA) is 54.5 Å². The first-order valence-electron chi connectivity index (χ1n) is 8.08. The van der Waals surface area contributed by atoms with Crippen molar-refractivity contribution in [1.82, 2.24) is 9.88 Å². The van der Waals surface area contributed by atoms with Crippen LogP contribution in [-0.2, 0) is 4.74 Å². The Balaban J connectivity index is 2.43. The highest BCUT2D eigenvalue weighted by molar-refractivity contribution is 6.31. The largest absolute Gasteiger partial charge is 0.462 e. The first kappa shape index (κ1) is 18.5. The molecule has 5 nitrogen and oxygen atoms in total. The summed E-state index contributed by atoms with van der Waals surface area (Å²) in [6.07, 6.45) is 2.54. The number of halogens is 1. The third-order valence-corrected chi connectivity index (χ3v) is 3.92. The van der Waals surface area contributed by atoms with Crippen molar-refractivity contribution >= 4 is 34.2 Å². The van der Waals surface area contributed by atoms with Crippen molar-refractivity contribution in [3.8, 4) is 0 Å². The number of aryl methyl sites for hydroxylation is 1. The van der Waals surface area contributed by atoms with Crippen molar-refractivity contribution in [2.24, 2.45) is 0 Å². The minimum atomic E-state index is -0.375. The number of pyridine rings is 1. The lowest BCUT2D eigenvalue weighted by Gasteiger charge is -2.16. The summed E-state index contributed by atoms with van der Waals surface area (Å²) in [5, 5.41) is 4.85.